The number of rotatable bonds is 3. The quantitative estimate of drug-likeness (QED) is 0.805. The maximum absolute atomic E-state index is 5.66. The molecule has 0 radical (unpaired) electrons. The van der Waals surface area contributed by atoms with Crippen LogP contribution < -0.4 is 9.47 Å². The molecule has 1 aromatic carbocycles. The normalized spacial score (nSPS) is 14.2. The molecular formula is C13H14N2O3S. The van der Waals surface area contributed by atoms with Crippen molar-refractivity contribution in [3.63, 3.8) is 0 Å². The van der Waals surface area contributed by atoms with E-state index in [1.54, 1.807) is 18.7 Å². The zero-order valence-corrected chi connectivity index (χ0v) is 11.4. The Balaban J connectivity index is 1.69. The third kappa shape index (κ3) is 3.01. The van der Waals surface area contributed by atoms with Gasteiger partial charge in [0.2, 0.25) is 11.8 Å². The van der Waals surface area contributed by atoms with Crippen LogP contribution in [0.1, 0.15) is 18.2 Å². The molecular weight excluding hydrogens is 264 g/mol. The van der Waals surface area contributed by atoms with Gasteiger partial charge >= 0.3 is 0 Å². The van der Waals surface area contributed by atoms with Gasteiger partial charge in [-0.3, -0.25) is 0 Å². The van der Waals surface area contributed by atoms with Gasteiger partial charge in [0.15, 0.2) is 11.5 Å². The van der Waals surface area contributed by atoms with Crippen molar-refractivity contribution in [3.05, 3.63) is 30.0 Å². The van der Waals surface area contributed by atoms with E-state index >= 15 is 0 Å². The van der Waals surface area contributed by atoms with E-state index in [0.29, 0.717) is 30.7 Å². The monoisotopic (exact) mass is 278 g/mol. The fourth-order valence-corrected chi connectivity index (χ4v) is 2.54. The second-order valence-corrected chi connectivity index (χ2v) is 5.21. The maximum atomic E-state index is 5.66. The summed E-state index contributed by atoms with van der Waals surface area (Å²) in [6.45, 7) is 3.19. The summed E-state index contributed by atoms with van der Waals surface area (Å²) in [6, 6.07) is 5.96. The van der Waals surface area contributed by atoms with Crippen molar-refractivity contribution in [1.29, 1.82) is 0 Å². The standard InChI is InChI=1S/C13H14N2O3S/c1-9-14-15-13(18-9)8-19-10-3-4-11-12(7-10)17-6-2-5-16-11/h3-4,7H,2,5-6,8H2,1H3. The molecule has 0 amide bonds. The van der Waals surface area contributed by atoms with Crippen molar-refractivity contribution < 1.29 is 13.9 Å². The Labute approximate surface area is 115 Å². The summed E-state index contributed by atoms with van der Waals surface area (Å²) < 4.78 is 16.6. The van der Waals surface area contributed by atoms with Gasteiger partial charge in [-0.05, 0) is 18.2 Å². The lowest BCUT2D eigenvalue weighted by Gasteiger charge is -2.08. The Morgan fingerprint density at radius 2 is 2.00 bits per heavy atom. The first-order valence-corrected chi connectivity index (χ1v) is 7.11. The predicted molar refractivity (Wildman–Crippen MR) is 70.6 cm³/mol. The van der Waals surface area contributed by atoms with Crippen LogP contribution in [0.2, 0.25) is 0 Å². The fraction of sp³-hybridized carbons (Fsp3) is 0.385. The second-order valence-electron chi connectivity index (χ2n) is 4.16. The van der Waals surface area contributed by atoms with Gasteiger partial charge in [0.05, 0.1) is 19.0 Å². The minimum Gasteiger partial charge on any atom is -0.490 e. The Kier molecular flexibility index (Phi) is 3.59. The van der Waals surface area contributed by atoms with E-state index in [2.05, 4.69) is 10.2 Å². The van der Waals surface area contributed by atoms with Crippen molar-refractivity contribution in [1.82, 2.24) is 10.2 Å². The van der Waals surface area contributed by atoms with Gasteiger partial charge in [0.1, 0.15) is 0 Å². The molecule has 0 atom stereocenters. The van der Waals surface area contributed by atoms with Crippen LogP contribution in [0.25, 0.3) is 0 Å². The number of benzene rings is 1. The van der Waals surface area contributed by atoms with E-state index < -0.39 is 0 Å². The lowest BCUT2D eigenvalue weighted by atomic mass is 10.3. The van der Waals surface area contributed by atoms with Gasteiger partial charge in [0, 0.05) is 18.2 Å². The van der Waals surface area contributed by atoms with Crippen molar-refractivity contribution in [2.45, 2.75) is 24.0 Å². The first-order chi connectivity index (χ1) is 9.31. The summed E-state index contributed by atoms with van der Waals surface area (Å²) in [7, 11) is 0. The Hall–Kier alpha value is -1.69. The molecule has 3 rings (SSSR count). The van der Waals surface area contributed by atoms with Gasteiger partial charge in [-0.15, -0.1) is 22.0 Å². The number of hydrogen-bond donors (Lipinski definition) is 0. The highest BCUT2D eigenvalue weighted by Gasteiger charge is 2.11. The van der Waals surface area contributed by atoms with Gasteiger partial charge < -0.3 is 13.9 Å². The van der Waals surface area contributed by atoms with Crippen LogP contribution in [0.4, 0.5) is 0 Å². The molecule has 1 aliphatic heterocycles. The van der Waals surface area contributed by atoms with Crippen molar-refractivity contribution >= 4 is 11.8 Å². The zero-order chi connectivity index (χ0) is 13.1. The van der Waals surface area contributed by atoms with E-state index in [-0.39, 0.29) is 0 Å². The van der Waals surface area contributed by atoms with Crippen molar-refractivity contribution in [2.75, 3.05) is 13.2 Å². The summed E-state index contributed by atoms with van der Waals surface area (Å²) in [5.41, 5.74) is 0. The Bertz CT molecular complexity index is 571. The Morgan fingerprint density at radius 1 is 1.16 bits per heavy atom. The number of hydrogen-bond acceptors (Lipinski definition) is 6. The van der Waals surface area contributed by atoms with E-state index in [9.17, 15) is 0 Å². The highest BCUT2D eigenvalue weighted by molar-refractivity contribution is 7.98. The van der Waals surface area contributed by atoms with Gasteiger partial charge in [0.25, 0.3) is 0 Å². The highest BCUT2D eigenvalue weighted by Crippen LogP contribution is 2.34. The number of thioether (sulfide) groups is 1. The molecule has 5 nitrogen and oxygen atoms in total. The molecule has 1 aromatic heterocycles. The zero-order valence-electron chi connectivity index (χ0n) is 10.6. The van der Waals surface area contributed by atoms with E-state index in [0.717, 1.165) is 22.8 Å². The topological polar surface area (TPSA) is 57.4 Å². The van der Waals surface area contributed by atoms with Crippen LogP contribution in [0.15, 0.2) is 27.5 Å². The molecule has 0 spiro atoms. The molecule has 1 aliphatic rings. The fourth-order valence-electron chi connectivity index (χ4n) is 1.77. The third-order valence-corrected chi connectivity index (χ3v) is 3.63. The van der Waals surface area contributed by atoms with Crippen LogP contribution in [0.5, 0.6) is 11.5 Å². The average Bonchev–Trinajstić information content (AvgIpc) is 2.70. The number of aromatic nitrogens is 2. The molecule has 2 aromatic rings. The average molecular weight is 278 g/mol. The minimum atomic E-state index is 0.592. The molecule has 0 N–H and O–H groups in total. The summed E-state index contributed by atoms with van der Waals surface area (Å²) in [6.07, 6.45) is 0.915. The van der Waals surface area contributed by atoms with Crippen LogP contribution in [0.3, 0.4) is 0 Å². The largest absolute Gasteiger partial charge is 0.490 e. The number of nitrogens with zero attached hydrogens (tertiary/aromatic N) is 2. The molecule has 19 heavy (non-hydrogen) atoms. The van der Waals surface area contributed by atoms with Crippen LogP contribution in [-0.2, 0) is 5.75 Å². The molecule has 0 saturated heterocycles. The van der Waals surface area contributed by atoms with Gasteiger partial charge in [-0.2, -0.15) is 0 Å². The second kappa shape index (κ2) is 5.52. The Morgan fingerprint density at radius 3 is 2.79 bits per heavy atom. The summed E-state index contributed by atoms with van der Waals surface area (Å²) in [5, 5.41) is 7.78. The lowest BCUT2D eigenvalue weighted by molar-refractivity contribution is 0.297. The summed E-state index contributed by atoms with van der Waals surface area (Å²) in [5.74, 6) is 3.50. The summed E-state index contributed by atoms with van der Waals surface area (Å²) in [4.78, 5) is 1.10. The molecule has 0 unspecified atom stereocenters. The van der Waals surface area contributed by atoms with E-state index in [1.165, 1.54) is 0 Å². The highest BCUT2D eigenvalue weighted by atomic mass is 32.2. The smallest absolute Gasteiger partial charge is 0.226 e. The van der Waals surface area contributed by atoms with E-state index in [1.807, 2.05) is 18.2 Å². The SMILES string of the molecule is Cc1nnc(CSc2ccc3c(c2)OCCCO3)o1. The number of ether oxygens (including phenoxy) is 2. The van der Waals surface area contributed by atoms with Gasteiger partial charge in [-0.1, -0.05) is 0 Å². The molecule has 0 fully saturated rings. The number of fused-ring (bicyclic) bond motifs is 1. The molecule has 6 heteroatoms. The molecule has 0 saturated carbocycles. The molecule has 0 aliphatic carbocycles. The van der Waals surface area contributed by atoms with Crippen LogP contribution >= 0.6 is 11.8 Å². The van der Waals surface area contributed by atoms with Crippen molar-refractivity contribution in [2.24, 2.45) is 0 Å². The van der Waals surface area contributed by atoms with Crippen LogP contribution in [-0.4, -0.2) is 23.4 Å². The van der Waals surface area contributed by atoms with Crippen LogP contribution in [0, 0.1) is 6.92 Å². The van der Waals surface area contributed by atoms with Gasteiger partial charge in [-0.25, -0.2) is 0 Å². The first-order valence-electron chi connectivity index (χ1n) is 6.13. The lowest BCUT2D eigenvalue weighted by Crippen LogP contribution is -1.97. The molecule has 100 valence electrons. The molecule has 0 bridgehead atoms. The first kappa shape index (κ1) is 12.3. The minimum absolute atomic E-state index is 0.592. The van der Waals surface area contributed by atoms with E-state index in [4.69, 9.17) is 13.9 Å². The maximum Gasteiger partial charge on any atom is 0.226 e. The number of aryl methyl sites for hydroxylation is 1. The van der Waals surface area contributed by atoms with Crippen molar-refractivity contribution in [3.8, 4) is 11.5 Å². The summed E-state index contributed by atoms with van der Waals surface area (Å²) >= 11 is 1.63. The molecule has 2 heterocycles. The predicted octanol–water partition coefficient (Wildman–Crippen LogP) is 2.83. The third-order valence-electron chi connectivity index (χ3n) is 2.65.